The molecule has 3 rings (SSSR count). The van der Waals surface area contributed by atoms with Crippen molar-refractivity contribution >= 4 is 5.65 Å². The number of aromatic nitrogens is 3. The second-order valence-corrected chi connectivity index (χ2v) is 5.91. The number of hydrogen-bond acceptors (Lipinski definition) is 2. The number of aromatic amines is 1. The molecular formula is C13H17N3O. The van der Waals surface area contributed by atoms with Crippen LogP contribution in [0.3, 0.4) is 0 Å². The molecule has 1 aliphatic rings. The fraction of sp³-hybridized carbons (Fsp3) is 0.538. The van der Waals surface area contributed by atoms with Crippen molar-refractivity contribution in [1.82, 2.24) is 14.6 Å². The summed E-state index contributed by atoms with van der Waals surface area (Å²) in [5.41, 5.74) is 2.86. The van der Waals surface area contributed by atoms with Crippen LogP contribution in [0, 0.1) is 0 Å². The van der Waals surface area contributed by atoms with Crippen molar-refractivity contribution < 1.29 is 0 Å². The second kappa shape index (κ2) is 3.22. The third-order valence-electron chi connectivity index (χ3n) is 3.25. The Morgan fingerprint density at radius 1 is 1.35 bits per heavy atom. The Kier molecular flexibility index (Phi) is 2.00. The monoisotopic (exact) mass is 231 g/mol. The molecular weight excluding hydrogens is 214 g/mol. The van der Waals surface area contributed by atoms with Crippen LogP contribution in [-0.4, -0.2) is 14.6 Å². The number of nitrogens with one attached hydrogen (secondary N) is 1. The van der Waals surface area contributed by atoms with Gasteiger partial charge in [0.2, 0.25) is 0 Å². The predicted octanol–water partition coefficient (Wildman–Crippen LogP) is 2.20. The highest BCUT2D eigenvalue weighted by Gasteiger charge is 2.28. The van der Waals surface area contributed by atoms with E-state index in [4.69, 9.17) is 0 Å². The minimum Gasteiger partial charge on any atom is -0.307 e. The van der Waals surface area contributed by atoms with Gasteiger partial charge in [0.25, 0.3) is 5.56 Å². The van der Waals surface area contributed by atoms with Crippen LogP contribution in [0.4, 0.5) is 0 Å². The molecule has 4 heteroatoms. The van der Waals surface area contributed by atoms with Gasteiger partial charge in [-0.2, -0.15) is 5.10 Å². The van der Waals surface area contributed by atoms with Crippen LogP contribution in [0.15, 0.2) is 16.9 Å². The molecule has 0 aromatic carbocycles. The molecule has 0 atom stereocenters. The van der Waals surface area contributed by atoms with Gasteiger partial charge in [-0.15, -0.1) is 0 Å². The first-order valence-corrected chi connectivity index (χ1v) is 6.08. The van der Waals surface area contributed by atoms with E-state index in [1.54, 1.807) is 6.07 Å². The largest absolute Gasteiger partial charge is 0.307 e. The summed E-state index contributed by atoms with van der Waals surface area (Å²) in [6, 6.07) is 3.66. The maximum atomic E-state index is 11.6. The number of nitrogens with zero attached hydrogens (tertiary/aromatic N) is 2. The molecule has 2 heterocycles. The Labute approximate surface area is 99.7 Å². The van der Waals surface area contributed by atoms with Gasteiger partial charge in [0.1, 0.15) is 5.65 Å². The van der Waals surface area contributed by atoms with E-state index >= 15 is 0 Å². The van der Waals surface area contributed by atoms with Gasteiger partial charge in [0.15, 0.2) is 0 Å². The summed E-state index contributed by atoms with van der Waals surface area (Å²) >= 11 is 0. The van der Waals surface area contributed by atoms with Crippen LogP contribution in [0.1, 0.15) is 50.9 Å². The lowest BCUT2D eigenvalue weighted by atomic mass is 9.93. The maximum Gasteiger partial charge on any atom is 0.251 e. The highest BCUT2D eigenvalue weighted by Crippen LogP contribution is 2.39. The van der Waals surface area contributed by atoms with E-state index in [1.165, 1.54) is 12.8 Å². The zero-order valence-corrected chi connectivity index (χ0v) is 10.4. The van der Waals surface area contributed by atoms with Gasteiger partial charge in [-0.05, 0) is 12.8 Å². The molecule has 1 aliphatic carbocycles. The summed E-state index contributed by atoms with van der Waals surface area (Å²) in [6.07, 6.45) is 2.34. The molecule has 17 heavy (non-hydrogen) atoms. The minimum atomic E-state index is -0.0280. The van der Waals surface area contributed by atoms with E-state index in [2.05, 4.69) is 30.9 Å². The Balaban J connectivity index is 2.27. The van der Waals surface area contributed by atoms with Crippen LogP contribution in [0.5, 0.6) is 0 Å². The first-order chi connectivity index (χ1) is 7.95. The predicted molar refractivity (Wildman–Crippen MR) is 66.5 cm³/mol. The van der Waals surface area contributed by atoms with E-state index in [0.29, 0.717) is 5.92 Å². The van der Waals surface area contributed by atoms with Crippen molar-refractivity contribution in [2.45, 2.75) is 44.9 Å². The van der Waals surface area contributed by atoms with Gasteiger partial charge in [0.05, 0.1) is 11.4 Å². The summed E-state index contributed by atoms with van der Waals surface area (Å²) in [6.45, 7) is 6.39. The van der Waals surface area contributed by atoms with Crippen molar-refractivity contribution in [3.05, 3.63) is 33.9 Å². The first-order valence-electron chi connectivity index (χ1n) is 6.08. The number of fused-ring (bicyclic) bond motifs is 1. The molecule has 0 unspecified atom stereocenters. The molecule has 2 aromatic rings. The molecule has 1 saturated carbocycles. The van der Waals surface area contributed by atoms with Crippen molar-refractivity contribution in [1.29, 1.82) is 0 Å². The summed E-state index contributed by atoms with van der Waals surface area (Å²) in [4.78, 5) is 14.4. The summed E-state index contributed by atoms with van der Waals surface area (Å²) in [5.74, 6) is 0.521. The SMILES string of the molecule is CC(C)(C)c1cc2[nH]c(=O)cc(C3CC3)n2n1. The van der Waals surface area contributed by atoms with E-state index in [9.17, 15) is 4.79 Å². The molecule has 0 aliphatic heterocycles. The minimum absolute atomic E-state index is 0.00370. The molecule has 90 valence electrons. The second-order valence-electron chi connectivity index (χ2n) is 5.91. The quantitative estimate of drug-likeness (QED) is 0.818. The number of hydrogen-bond donors (Lipinski definition) is 1. The highest BCUT2D eigenvalue weighted by atomic mass is 16.1. The van der Waals surface area contributed by atoms with Gasteiger partial charge in [0, 0.05) is 23.5 Å². The van der Waals surface area contributed by atoms with E-state index < -0.39 is 0 Å². The van der Waals surface area contributed by atoms with Crippen LogP contribution in [0.2, 0.25) is 0 Å². The van der Waals surface area contributed by atoms with Crippen LogP contribution in [-0.2, 0) is 5.41 Å². The zero-order valence-electron chi connectivity index (χ0n) is 10.4. The van der Waals surface area contributed by atoms with Crippen LogP contribution < -0.4 is 5.56 Å². The fourth-order valence-corrected chi connectivity index (χ4v) is 2.06. The zero-order chi connectivity index (χ0) is 12.2. The van der Waals surface area contributed by atoms with Crippen molar-refractivity contribution in [3.8, 4) is 0 Å². The molecule has 1 fully saturated rings. The number of rotatable bonds is 1. The standard InChI is InChI=1S/C13H17N3O/c1-13(2,3)10-7-11-14-12(17)6-9(8-4-5-8)16(11)15-10/h6-8H,4-5H2,1-3H3,(H,14,17). The van der Waals surface area contributed by atoms with Crippen LogP contribution in [0.25, 0.3) is 5.65 Å². The Morgan fingerprint density at radius 2 is 2.06 bits per heavy atom. The van der Waals surface area contributed by atoms with Gasteiger partial charge in [-0.3, -0.25) is 4.79 Å². The fourth-order valence-electron chi connectivity index (χ4n) is 2.06. The lowest BCUT2D eigenvalue weighted by Crippen LogP contribution is -2.13. The molecule has 0 amide bonds. The Morgan fingerprint density at radius 3 is 2.65 bits per heavy atom. The van der Waals surface area contributed by atoms with Crippen molar-refractivity contribution in [2.24, 2.45) is 0 Å². The maximum absolute atomic E-state index is 11.6. The Bertz CT molecular complexity index is 626. The summed E-state index contributed by atoms with van der Waals surface area (Å²) in [5, 5.41) is 4.63. The summed E-state index contributed by atoms with van der Waals surface area (Å²) in [7, 11) is 0. The molecule has 0 spiro atoms. The average molecular weight is 231 g/mol. The molecule has 1 N–H and O–H groups in total. The normalized spacial score (nSPS) is 16.6. The number of H-pyrrole nitrogens is 1. The van der Waals surface area contributed by atoms with Gasteiger partial charge in [-0.25, -0.2) is 4.52 Å². The first kappa shape index (κ1) is 10.6. The topological polar surface area (TPSA) is 50.2 Å². The van der Waals surface area contributed by atoms with Gasteiger partial charge >= 0.3 is 0 Å². The van der Waals surface area contributed by atoms with Crippen LogP contribution >= 0.6 is 0 Å². The molecule has 0 bridgehead atoms. The third kappa shape index (κ3) is 1.77. The molecule has 2 aromatic heterocycles. The lowest BCUT2D eigenvalue weighted by molar-refractivity contribution is 0.560. The van der Waals surface area contributed by atoms with E-state index in [-0.39, 0.29) is 11.0 Å². The van der Waals surface area contributed by atoms with E-state index in [1.807, 2.05) is 10.6 Å². The van der Waals surface area contributed by atoms with Crippen molar-refractivity contribution in [2.75, 3.05) is 0 Å². The lowest BCUT2D eigenvalue weighted by Gasteiger charge is -2.13. The van der Waals surface area contributed by atoms with E-state index in [0.717, 1.165) is 17.0 Å². The van der Waals surface area contributed by atoms with Gasteiger partial charge < -0.3 is 4.98 Å². The molecule has 0 saturated heterocycles. The van der Waals surface area contributed by atoms with Crippen molar-refractivity contribution in [3.63, 3.8) is 0 Å². The smallest absolute Gasteiger partial charge is 0.251 e. The highest BCUT2D eigenvalue weighted by molar-refractivity contribution is 5.42. The molecule has 0 radical (unpaired) electrons. The third-order valence-corrected chi connectivity index (χ3v) is 3.25. The molecule has 4 nitrogen and oxygen atoms in total. The average Bonchev–Trinajstić information content (AvgIpc) is 2.95. The van der Waals surface area contributed by atoms with Gasteiger partial charge in [-0.1, -0.05) is 20.8 Å². The summed E-state index contributed by atoms with van der Waals surface area (Å²) < 4.78 is 1.90. The Hall–Kier alpha value is -1.58.